The lowest BCUT2D eigenvalue weighted by Crippen LogP contribution is -1.92. The van der Waals surface area contributed by atoms with E-state index in [-0.39, 0.29) is 0 Å². The summed E-state index contributed by atoms with van der Waals surface area (Å²) in [7, 11) is 1.72. The van der Waals surface area contributed by atoms with Crippen LogP contribution in [0.5, 0.6) is 0 Å². The van der Waals surface area contributed by atoms with Gasteiger partial charge in [-0.05, 0) is 18.2 Å². The summed E-state index contributed by atoms with van der Waals surface area (Å²) >= 11 is 6.70. The minimum Gasteiger partial charge on any atom is -0.370 e. The molecule has 3 nitrogen and oxygen atoms in total. The maximum absolute atomic E-state index is 13.6. The molecule has 1 N–H and O–H groups in total. The first-order valence-corrected chi connectivity index (χ1v) is 5.29. The van der Waals surface area contributed by atoms with Gasteiger partial charge in [0.05, 0.1) is 11.7 Å². The Bertz CT molecular complexity index is 486. The number of rotatable bonds is 2. The Morgan fingerprint density at radius 2 is 2.20 bits per heavy atom. The molecule has 0 atom stereocenters. The molecule has 0 saturated carbocycles. The highest BCUT2D eigenvalue weighted by molar-refractivity contribution is 6.99. The standard InChI is InChI=1S/C9H7ClFN3S/c1-12-9-8(13-15-14-9)6-3-2-5(10)4-7(6)11/h2-4H,1H3,(H,12,14). The van der Waals surface area contributed by atoms with Crippen molar-refractivity contribution in [3.63, 3.8) is 0 Å². The quantitative estimate of drug-likeness (QED) is 0.881. The number of nitrogens with one attached hydrogen (secondary N) is 1. The molecule has 15 heavy (non-hydrogen) atoms. The summed E-state index contributed by atoms with van der Waals surface area (Å²) in [6, 6.07) is 4.48. The number of aromatic nitrogens is 2. The lowest BCUT2D eigenvalue weighted by molar-refractivity contribution is 0.631. The molecule has 0 aliphatic rings. The van der Waals surface area contributed by atoms with Crippen molar-refractivity contribution >= 4 is 29.1 Å². The summed E-state index contributed by atoms with van der Waals surface area (Å²) in [6.07, 6.45) is 0. The number of nitrogens with zero attached hydrogens (tertiary/aromatic N) is 2. The molecule has 0 spiro atoms. The van der Waals surface area contributed by atoms with Gasteiger partial charge in [-0.2, -0.15) is 8.75 Å². The Hall–Kier alpha value is -1.20. The second-order valence-electron chi connectivity index (χ2n) is 2.84. The van der Waals surface area contributed by atoms with Crippen LogP contribution in [0.25, 0.3) is 11.3 Å². The van der Waals surface area contributed by atoms with Gasteiger partial charge in [-0.1, -0.05) is 11.6 Å². The van der Waals surface area contributed by atoms with E-state index in [1.54, 1.807) is 19.2 Å². The second kappa shape index (κ2) is 4.12. The highest BCUT2D eigenvalue weighted by Crippen LogP contribution is 2.29. The van der Waals surface area contributed by atoms with Crippen LogP contribution in [-0.2, 0) is 0 Å². The van der Waals surface area contributed by atoms with Gasteiger partial charge < -0.3 is 5.32 Å². The van der Waals surface area contributed by atoms with Crippen LogP contribution in [-0.4, -0.2) is 15.8 Å². The molecule has 0 saturated heterocycles. The van der Waals surface area contributed by atoms with Crippen molar-refractivity contribution in [3.8, 4) is 11.3 Å². The number of benzene rings is 1. The Morgan fingerprint density at radius 3 is 2.87 bits per heavy atom. The van der Waals surface area contributed by atoms with Crippen molar-refractivity contribution in [2.24, 2.45) is 0 Å². The molecule has 1 aromatic heterocycles. The van der Waals surface area contributed by atoms with Crippen LogP contribution < -0.4 is 5.32 Å². The fraction of sp³-hybridized carbons (Fsp3) is 0.111. The van der Waals surface area contributed by atoms with Gasteiger partial charge in [0.15, 0.2) is 5.82 Å². The van der Waals surface area contributed by atoms with Gasteiger partial charge in [0.25, 0.3) is 0 Å². The smallest absolute Gasteiger partial charge is 0.167 e. The molecule has 0 bridgehead atoms. The monoisotopic (exact) mass is 243 g/mol. The summed E-state index contributed by atoms with van der Waals surface area (Å²) in [5, 5.41) is 3.22. The molecule has 2 aromatic rings. The average molecular weight is 244 g/mol. The maximum atomic E-state index is 13.6. The summed E-state index contributed by atoms with van der Waals surface area (Å²) in [4.78, 5) is 0. The Morgan fingerprint density at radius 1 is 1.40 bits per heavy atom. The van der Waals surface area contributed by atoms with Crippen LogP contribution in [0.15, 0.2) is 18.2 Å². The topological polar surface area (TPSA) is 37.8 Å². The lowest BCUT2D eigenvalue weighted by Gasteiger charge is -2.02. The van der Waals surface area contributed by atoms with Crippen LogP contribution in [0.3, 0.4) is 0 Å². The predicted octanol–water partition coefficient (Wildman–Crippen LogP) is 3.04. The van der Waals surface area contributed by atoms with E-state index in [1.807, 2.05) is 0 Å². The second-order valence-corrected chi connectivity index (χ2v) is 3.80. The van der Waals surface area contributed by atoms with E-state index in [2.05, 4.69) is 14.1 Å². The number of hydrogen-bond acceptors (Lipinski definition) is 4. The lowest BCUT2D eigenvalue weighted by atomic mass is 10.1. The minimum absolute atomic E-state index is 0.366. The van der Waals surface area contributed by atoms with E-state index in [0.29, 0.717) is 22.1 Å². The van der Waals surface area contributed by atoms with Crippen molar-refractivity contribution in [2.45, 2.75) is 0 Å². The van der Waals surface area contributed by atoms with Crippen molar-refractivity contribution < 1.29 is 4.39 Å². The van der Waals surface area contributed by atoms with Crippen molar-refractivity contribution in [1.29, 1.82) is 0 Å². The zero-order valence-electron chi connectivity index (χ0n) is 7.79. The van der Waals surface area contributed by atoms with Gasteiger partial charge in [0, 0.05) is 17.6 Å². The van der Waals surface area contributed by atoms with Crippen LogP contribution in [0, 0.1) is 5.82 Å². The third-order valence-electron chi connectivity index (χ3n) is 1.91. The largest absolute Gasteiger partial charge is 0.370 e. The highest BCUT2D eigenvalue weighted by Gasteiger charge is 2.13. The Balaban J connectivity index is 2.54. The summed E-state index contributed by atoms with van der Waals surface area (Å²) in [5.74, 6) is 0.174. The third kappa shape index (κ3) is 1.93. The zero-order valence-corrected chi connectivity index (χ0v) is 9.36. The molecule has 0 radical (unpaired) electrons. The molecule has 0 unspecified atom stereocenters. The molecule has 0 aliphatic heterocycles. The van der Waals surface area contributed by atoms with Crippen molar-refractivity contribution in [3.05, 3.63) is 29.0 Å². The van der Waals surface area contributed by atoms with E-state index in [0.717, 1.165) is 11.7 Å². The number of halogens is 2. The molecular weight excluding hydrogens is 237 g/mol. The summed E-state index contributed by atoms with van der Waals surface area (Å²) in [5.41, 5.74) is 0.911. The van der Waals surface area contributed by atoms with Crippen LogP contribution in [0.1, 0.15) is 0 Å². The number of hydrogen-bond donors (Lipinski definition) is 1. The van der Waals surface area contributed by atoms with Crippen LogP contribution in [0.4, 0.5) is 10.2 Å². The molecule has 0 fully saturated rings. The molecule has 2 rings (SSSR count). The van der Waals surface area contributed by atoms with E-state index in [9.17, 15) is 4.39 Å². The van der Waals surface area contributed by atoms with E-state index < -0.39 is 5.82 Å². The van der Waals surface area contributed by atoms with Gasteiger partial charge in [-0.25, -0.2) is 4.39 Å². The Kier molecular flexibility index (Phi) is 2.83. The number of anilines is 1. The van der Waals surface area contributed by atoms with E-state index >= 15 is 0 Å². The fourth-order valence-corrected chi connectivity index (χ4v) is 1.94. The fourth-order valence-electron chi connectivity index (χ4n) is 1.21. The van der Waals surface area contributed by atoms with E-state index in [1.165, 1.54) is 6.07 Å². The first-order chi connectivity index (χ1) is 7.22. The van der Waals surface area contributed by atoms with Gasteiger partial charge in [0.1, 0.15) is 11.5 Å². The first kappa shape index (κ1) is 10.3. The van der Waals surface area contributed by atoms with Crippen molar-refractivity contribution in [1.82, 2.24) is 8.75 Å². The minimum atomic E-state index is -0.397. The van der Waals surface area contributed by atoms with Gasteiger partial charge in [-0.3, -0.25) is 0 Å². The van der Waals surface area contributed by atoms with Gasteiger partial charge in [-0.15, -0.1) is 0 Å². The summed E-state index contributed by atoms with van der Waals surface area (Å²) in [6.45, 7) is 0. The third-order valence-corrected chi connectivity index (χ3v) is 2.68. The van der Waals surface area contributed by atoms with Crippen molar-refractivity contribution in [2.75, 3.05) is 12.4 Å². The van der Waals surface area contributed by atoms with E-state index in [4.69, 9.17) is 11.6 Å². The van der Waals surface area contributed by atoms with Gasteiger partial charge >= 0.3 is 0 Å². The molecule has 78 valence electrons. The normalized spacial score (nSPS) is 10.3. The molecular formula is C9H7ClFN3S. The molecule has 0 amide bonds. The molecule has 6 heteroatoms. The highest BCUT2D eigenvalue weighted by atomic mass is 35.5. The molecule has 1 heterocycles. The molecule has 1 aromatic carbocycles. The zero-order chi connectivity index (χ0) is 10.8. The molecule has 0 aliphatic carbocycles. The SMILES string of the molecule is CNc1nsnc1-c1ccc(Cl)cc1F. The average Bonchev–Trinajstić information content (AvgIpc) is 2.65. The maximum Gasteiger partial charge on any atom is 0.167 e. The van der Waals surface area contributed by atoms with Crippen LogP contribution in [0.2, 0.25) is 5.02 Å². The predicted molar refractivity (Wildman–Crippen MR) is 59.9 cm³/mol. The first-order valence-electron chi connectivity index (χ1n) is 4.18. The summed E-state index contributed by atoms with van der Waals surface area (Å²) < 4.78 is 21.6. The van der Waals surface area contributed by atoms with Crippen LogP contribution >= 0.6 is 23.3 Å². The Labute approximate surface area is 95.2 Å². The van der Waals surface area contributed by atoms with Gasteiger partial charge in [0.2, 0.25) is 0 Å².